The number of piperazine rings is 1. The summed E-state index contributed by atoms with van der Waals surface area (Å²) >= 11 is 5.95. The third-order valence-electron chi connectivity index (χ3n) is 2.14. The Bertz CT molecular complexity index is 397. The van der Waals surface area contributed by atoms with E-state index in [0.29, 0.717) is 23.9 Å². The standard InChI is InChI=1S/C8H10ClN5O/c9-6-7(10)12-4-13-8(6)14-2-1-11-5(15)3-14/h4H,1-3H2,(H,11,15)(H2,10,12,13). The molecule has 80 valence electrons. The fourth-order valence-electron chi connectivity index (χ4n) is 1.41. The second-order valence-corrected chi connectivity index (χ2v) is 3.55. The van der Waals surface area contributed by atoms with Gasteiger partial charge in [0.2, 0.25) is 5.91 Å². The molecule has 0 aliphatic carbocycles. The molecule has 0 spiro atoms. The highest BCUT2D eigenvalue weighted by Gasteiger charge is 2.20. The molecule has 2 heterocycles. The van der Waals surface area contributed by atoms with Crippen molar-refractivity contribution in [1.82, 2.24) is 15.3 Å². The van der Waals surface area contributed by atoms with Crippen LogP contribution in [0.5, 0.6) is 0 Å². The topological polar surface area (TPSA) is 84.1 Å². The number of nitrogens with two attached hydrogens (primary N) is 1. The Labute approximate surface area is 91.4 Å². The normalized spacial score (nSPS) is 16.3. The fraction of sp³-hybridized carbons (Fsp3) is 0.375. The summed E-state index contributed by atoms with van der Waals surface area (Å²) in [5.74, 6) is 0.696. The lowest BCUT2D eigenvalue weighted by Gasteiger charge is -2.28. The lowest BCUT2D eigenvalue weighted by Crippen LogP contribution is -2.48. The average molecular weight is 228 g/mol. The van der Waals surface area contributed by atoms with Gasteiger partial charge in [0.05, 0.1) is 6.54 Å². The van der Waals surface area contributed by atoms with Crippen LogP contribution < -0.4 is 16.0 Å². The molecule has 0 saturated carbocycles. The highest BCUT2D eigenvalue weighted by molar-refractivity contribution is 6.35. The largest absolute Gasteiger partial charge is 0.382 e. The number of anilines is 2. The molecule has 1 fully saturated rings. The monoisotopic (exact) mass is 227 g/mol. The van der Waals surface area contributed by atoms with Crippen molar-refractivity contribution in [3.05, 3.63) is 11.3 Å². The van der Waals surface area contributed by atoms with Crippen molar-refractivity contribution in [1.29, 1.82) is 0 Å². The molecule has 3 N–H and O–H groups in total. The van der Waals surface area contributed by atoms with Crippen LogP contribution in [-0.2, 0) is 4.79 Å². The van der Waals surface area contributed by atoms with E-state index in [-0.39, 0.29) is 18.3 Å². The van der Waals surface area contributed by atoms with Crippen molar-refractivity contribution in [3.63, 3.8) is 0 Å². The summed E-state index contributed by atoms with van der Waals surface area (Å²) in [6.45, 7) is 1.50. The number of carbonyl (C=O) groups excluding carboxylic acids is 1. The van der Waals surface area contributed by atoms with Crippen molar-refractivity contribution >= 4 is 29.1 Å². The van der Waals surface area contributed by atoms with E-state index < -0.39 is 0 Å². The van der Waals surface area contributed by atoms with Gasteiger partial charge >= 0.3 is 0 Å². The van der Waals surface area contributed by atoms with Crippen molar-refractivity contribution in [3.8, 4) is 0 Å². The number of rotatable bonds is 1. The van der Waals surface area contributed by atoms with Gasteiger partial charge in [0, 0.05) is 13.1 Å². The molecule has 0 atom stereocenters. The van der Waals surface area contributed by atoms with Crippen molar-refractivity contribution in [2.24, 2.45) is 0 Å². The van der Waals surface area contributed by atoms with Crippen LogP contribution in [0.25, 0.3) is 0 Å². The maximum absolute atomic E-state index is 11.2. The SMILES string of the molecule is Nc1ncnc(N2CCNC(=O)C2)c1Cl. The molecule has 0 aromatic carbocycles. The van der Waals surface area contributed by atoms with Crippen LogP contribution in [0.15, 0.2) is 6.33 Å². The van der Waals surface area contributed by atoms with Crippen molar-refractivity contribution in [2.75, 3.05) is 30.3 Å². The summed E-state index contributed by atoms with van der Waals surface area (Å²) in [6.07, 6.45) is 1.34. The smallest absolute Gasteiger partial charge is 0.239 e. The summed E-state index contributed by atoms with van der Waals surface area (Å²) in [7, 11) is 0. The zero-order valence-electron chi connectivity index (χ0n) is 7.90. The molecule has 2 rings (SSSR count). The predicted octanol–water partition coefficient (Wildman–Crippen LogP) is -0.352. The molecule has 1 saturated heterocycles. The highest BCUT2D eigenvalue weighted by Crippen LogP contribution is 2.26. The molecule has 0 unspecified atom stereocenters. The Balaban J connectivity index is 2.28. The van der Waals surface area contributed by atoms with Crippen LogP contribution >= 0.6 is 11.6 Å². The molecule has 6 nitrogen and oxygen atoms in total. The number of amides is 1. The summed E-state index contributed by atoms with van der Waals surface area (Å²) in [4.78, 5) is 20.7. The van der Waals surface area contributed by atoms with Crippen LogP contribution in [-0.4, -0.2) is 35.5 Å². The van der Waals surface area contributed by atoms with E-state index in [1.165, 1.54) is 6.33 Å². The Morgan fingerprint density at radius 3 is 3.07 bits per heavy atom. The van der Waals surface area contributed by atoms with E-state index in [1.54, 1.807) is 4.90 Å². The Kier molecular flexibility index (Phi) is 2.59. The van der Waals surface area contributed by atoms with E-state index in [9.17, 15) is 4.79 Å². The number of aromatic nitrogens is 2. The number of halogens is 1. The molecule has 7 heteroatoms. The lowest BCUT2D eigenvalue weighted by atomic mass is 10.3. The van der Waals surface area contributed by atoms with Gasteiger partial charge in [0.1, 0.15) is 17.2 Å². The summed E-state index contributed by atoms with van der Waals surface area (Å²) < 4.78 is 0. The third-order valence-corrected chi connectivity index (χ3v) is 2.50. The molecular weight excluding hydrogens is 218 g/mol. The molecule has 15 heavy (non-hydrogen) atoms. The Hall–Kier alpha value is -1.56. The number of carbonyl (C=O) groups is 1. The number of hydrogen-bond donors (Lipinski definition) is 2. The molecule has 1 amide bonds. The molecule has 1 aliphatic rings. The number of nitrogens with zero attached hydrogens (tertiary/aromatic N) is 3. The maximum Gasteiger partial charge on any atom is 0.239 e. The van der Waals surface area contributed by atoms with E-state index in [4.69, 9.17) is 17.3 Å². The molecule has 0 radical (unpaired) electrons. The van der Waals surface area contributed by atoms with E-state index in [0.717, 1.165) is 0 Å². The van der Waals surface area contributed by atoms with E-state index in [1.807, 2.05) is 0 Å². The minimum Gasteiger partial charge on any atom is -0.382 e. The van der Waals surface area contributed by atoms with Gasteiger partial charge in [-0.1, -0.05) is 11.6 Å². The fourth-order valence-corrected chi connectivity index (χ4v) is 1.63. The minimum absolute atomic E-state index is 0.0468. The van der Waals surface area contributed by atoms with Gasteiger partial charge in [-0.05, 0) is 0 Å². The average Bonchev–Trinajstić information content (AvgIpc) is 2.22. The molecule has 1 aliphatic heterocycles. The first-order valence-corrected chi connectivity index (χ1v) is 4.84. The molecular formula is C8H10ClN5O. The van der Waals surface area contributed by atoms with Gasteiger partial charge in [-0.15, -0.1) is 0 Å². The second-order valence-electron chi connectivity index (χ2n) is 3.17. The van der Waals surface area contributed by atoms with E-state index in [2.05, 4.69) is 15.3 Å². The third kappa shape index (κ3) is 1.94. The molecule has 0 bridgehead atoms. The summed E-state index contributed by atoms with van der Waals surface area (Å²) in [6, 6.07) is 0. The van der Waals surface area contributed by atoms with Gasteiger partial charge in [-0.25, -0.2) is 9.97 Å². The Morgan fingerprint density at radius 2 is 2.33 bits per heavy atom. The summed E-state index contributed by atoms with van der Waals surface area (Å²) in [5.41, 5.74) is 5.55. The van der Waals surface area contributed by atoms with Crippen molar-refractivity contribution in [2.45, 2.75) is 0 Å². The van der Waals surface area contributed by atoms with Gasteiger partial charge in [0.25, 0.3) is 0 Å². The minimum atomic E-state index is -0.0468. The van der Waals surface area contributed by atoms with Crippen LogP contribution in [0, 0.1) is 0 Å². The lowest BCUT2D eigenvalue weighted by molar-refractivity contribution is -0.120. The van der Waals surface area contributed by atoms with Gasteiger partial charge in [-0.3, -0.25) is 4.79 Å². The first-order valence-electron chi connectivity index (χ1n) is 4.46. The number of hydrogen-bond acceptors (Lipinski definition) is 5. The van der Waals surface area contributed by atoms with Crippen LogP contribution in [0.2, 0.25) is 5.02 Å². The molecule has 1 aromatic heterocycles. The Morgan fingerprint density at radius 1 is 1.53 bits per heavy atom. The van der Waals surface area contributed by atoms with E-state index >= 15 is 0 Å². The zero-order valence-corrected chi connectivity index (χ0v) is 8.66. The summed E-state index contributed by atoms with van der Waals surface area (Å²) in [5, 5.41) is 3.02. The first-order chi connectivity index (χ1) is 7.18. The van der Waals surface area contributed by atoms with Crippen LogP contribution in [0.1, 0.15) is 0 Å². The highest BCUT2D eigenvalue weighted by atomic mass is 35.5. The zero-order chi connectivity index (χ0) is 10.8. The van der Waals surface area contributed by atoms with Gasteiger partial charge in [-0.2, -0.15) is 0 Å². The van der Waals surface area contributed by atoms with Crippen LogP contribution in [0.3, 0.4) is 0 Å². The predicted molar refractivity (Wildman–Crippen MR) is 56.7 cm³/mol. The van der Waals surface area contributed by atoms with Crippen LogP contribution in [0.4, 0.5) is 11.6 Å². The van der Waals surface area contributed by atoms with Crippen molar-refractivity contribution < 1.29 is 4.79 Å². The van der Waals surface area contributed by atoms with Gasteiger partial charge < -0.3 is 16.0 Å². The molecule has 1 aromatic rings. The maximum atomic E-state index is 11.2. The quantitative estimate of drug-likeness (QED) is 0.685. The first kappa shape index (κ1) is 9.97. The van der Waals surface area contributed by atoms with Gasteiger partial charge in [0.15, 0.2) is 5.82 Å². The second kappa shape index (κ2) is 3.90. The number of nitrogens with one attached hydrogen (secondary N) is 1. The number of nitrogen functional groups attached to an aromatic ring is 1.